The highest BCUT2D eigenvalue weighted by Crippen LogP contribution is 2.16. The van der Waals surface area contributed by atoms with E-state index in [1.165, 1.54) is 6.07 Å². The van der Waals surface area contributed by atoms with Gasteiger partial charge in [-0.25, -0.2) is 9.97 Å². The van der Waals surface area contributed by atoms with Crippen molar-refractivity contribution in [1.29, 1.82) is 0 Å². The van der Waals surface area contributed by atoms with Gasteiger partial charge >= 0.3 is 0 Å². The van der Waals surface area contributed by atoms with Crippen LogP contribution in [0.1, 0.15) is 16.1 Å². The molecule has 0 spiro atoms. The molecule has 0 radical (unpaired) electrons. The first-order valence-electron chi connectivity index (χ1n) is 5.24. The molecule has 0 aliphatic heterocycles. The van der Waals surface area contributed by atoms with E-state index >= 15 is 0 Å². The zero-order valence-electron chi connectivity index (χ0n) is 9.28. The average molecular weight is 285 g/mol. The van der Waals surface area contributed by atoms with Crippen LogP contribution in [0, 0.1) is 0 Å². The van der Waals surface area contributed by atoms with E-state index < -0.39 is 0 Å². The average Bonchev–Trinajstić information content (AvgIpc) is 2.81. The van der Waals surface area contributed by atoms with Gasteiger partial charge in [-0.05, 0) is 12.1 Å². The predicted octanol–water partition coefficient (Wildman–Crippen LogP) is 2.08. The van der Waals surface area contributed by atoms with Gasteiger partial charge in [0.1, 0.15) is 10.3 Å². The lowest BCUT2D eigenvalue weighted by molar-refractivity contribution is 0.0954. The molecule has 0 saturated carbocycles. The normalized spacial score (nSPS) is 10.3. The summed E-state index contributed by atoms with van der Waals surface area (Å²) in [6.45, 7) is 0.486. The number of nitrogens with one attached hydrogen (secondary N) is 2. The Bertz CT molecular complexity index is 542. The maximum absolute atomic E-state index is 11.8. The van der Waals surface area contributed by atoms with Gasteiger partial charge in [0.05, 0.1) is 11.9 Å². The summed E-state index contributed by atoms with van der Waals surface area (Å²) in [7, 11) is 0. The Labute approximate surface area is 114 Å². The number of halogens is 2. The Morgan fingerprint density at radius 3 is 2.89 bits per heavy atom. The molecule has 0 atom stereocenters. The highest BCUT2D eigenvalue weighted by Gasteiger charge is 2.11. The number of carbonyl (C=O) groups is 1. The predicted molar refractivity (Wildman–Crippen MR) is 68.9 cm³/mol. The Morgan fingerprint density at radius 1 is 1.39 bits per heavy atom. The molecule has 2 rings (SSSR count). The molecule has 0 fully saturated rings. The van der Waals surface area contributed by atoms with Crippen molar-refractivity contribution in [2.45, 2.75) is 6.42 Å². The number of amides is 1. The topological polar surface area (TPSA) is 70.7 Å². The Morgan fingerprint density at radius 2 is 2.22 bits per heavy atom. The van der Waals surface area contributed by atoms with E-state index in [9.17, 15) is 4.79 Å². The van der Waals surface area contributed by atoms with Gasteiger partial charge in [-0.3, -0.25) is 4.79 Å². The molecule has 2 aromatic heterocycles. The van der Waals surface area contributed by atoms with Crippen molar-refractivity contribution < 1.29 is 4.79 Å². The van der Waals surface area contributed by atoms with Gasteiger partial charge in [0.15, 0.2) is 0 Å². The molecule has 0 unspecified atom stereocenters. The van der Waals surface area contributed by atoms with Gasteiger partial charge in [-0.1, -0.05) is 23.2 Å². The van der Waals surface area contributed by atoms with E-state index in [1.807, 2.05) is 0 Å². The van der Waals surface area contributed by atoms with Crippen molar-refractivity contribution in [2.75, 3.05) is 6.54 Å². The summed E-state index contributed by atoms with van der Waals surface area (Å²) in [6, 6.07) is 3.07. The third kappa shape index (κ3) is 3.21. The zero-order valence-corrected chi connectivity index (χ0v) is 10.8. The van der Waals surface area contributed by atoms with Crippen LogP contribution in [0.25, 0.3) is 0 Å². The molecule has 2 aromatic rings. The Hall–Kier alpha value is -1.59. The molecule has 2 heterocycles. The minimum absolute atomic E-state index is 0.0986. The molecule has 0 bridgehead atoms. The molecule has 0 aromatic carbocycles. The van der Waals surface area contributed by atoms with Crippen LogP contribution in [-0.2, 0) is 6.42 Å². The molecule has 0 aliphatic rings. The monoisotopic (exact) mass is 284 g/mol. The number of H-pyrrole nitrogens is 1. The van der Waals surface area contributed by atoms with Gasteiger partial charge in [0.2, 0.25) is 0 Å². The number of pyridine rings is 1. The van der Waals surface area contributed by atoms with Crippen LogP contribution in [-0.4, -0.2) is 27.4 Å². The summed E-state index contributed by atoms with van der Waals surface area (Å²) >= 11 is 11.5. The molecule has 5 nitrogen and oxygen atoms in total. The van der Waals surface area contributed by atoms with Crippen LogP contribution in [0.15, 0.2) is 24.7 Å². The Balaban J connectivity index is 1.91. The molecule has 2 N–H and O–H groups in total. The molecule has 1 amide bonds. The van der Waals surface area contributed by atoms with Crippen molar-refractivity contribution in [3.8, 4) is 0 Å². The van der Waals surface area contributed by atoms with E-state index in [0.29, 0.717) is 18.5 Å². The quantitative estimate of drug-likeness (QED) is 0.845. The number of hydrogen-bond acceptors (Lipinski definition) is 3. The molecule has 7 heteroatoms. The van der Waals surface area contributed by atoms with Crippen LogP contribution >= 0.6 is 23.2 Å². The van der Waals surface area contributed by atoms with E-state index in [2.05, 4.69) is 20.3 Å². The molecule has 0 aliphatic carbocycles. The van der Waals surface area contributed by atoms with Gasteiger partial charge in [-0.2, -0.15) is 0 Å². The third-order valence-corrected chi connectivity index (χ3v) is 2.79. The van der Waals surface area contributed by atoms with Crippen LogP contribution in [0.4, 0.5) is 0 Å². The first-order valence-corrected chi connectivity index (χ1v) is 6.00. The summed E-state index contributed by atoms with van der Waals surface area (Å²) in [5, 5.41) is 3.10. The molecule has 0 saturated heterocycles. The minimum atomic E-state index is -0.274. The van der Waals surface area contributed by atoms with E-state index in [-0.39, 0.29) is 16.2 Å². The lowest BCUT2D eigenvalue weighted by atomic mass is 10.2. The summed E-state index contributed by atoms with van der Waals surface area (Å²) in [4.78, 5) is 22.4. The van der Waals surface area contributed by atoms with Crippen LogP contribution in [0.3, 0.4) is 0 Å². The first-order chi connectivity index (χ1) is 8.66. The maximum atomic E-state index is 11.8. The second-order valence-electron chi connectivity index (χ2n) is 3.56. The summed E-state index contributed by atoms with van der Waals surface area (Å²) in [5.41, 5.74) is 1.27. The lowest BCUT2D eigenvalue weighted by Gasteiger charge is -2.05. The number of carbonyl (C=O) groups excluding carboxylic acids is 1. The number of imidazole rings is 1. The fourth-order valence-electron chi connectivity index (χ4n) is 1.41. The molecule has 94 valence electrons. The highest BCUT2D eigenvalue weighted by atomic mass is 35.5. The van der Waals surface area contributed by atoms with Crippen LogP contribution < -0.4 is 5.32 Å². The van der Waals surface area contributed by atoms with E-state index in [1.54, 1.807) is 18.6 Å². The van der Waals surface area contributed by atoms with Crippen LogP contribution in [0.5, 0.6) is 0 Å². The fraction of sp³-hybridized carbons (Fsp3) is 0.182. The number of aromatic nitrogens is 3. The number of rotatable bonds is 4. The molecular formula is C11H10Cl2N4O. The molecule has 18 heavy (non-hydrogen) atoms. The van der Waals surface area contributed by atoms with Crippen molar-refractivity contribution in [1.82, 2.24) is 20.3 Å². The maximum Gasteiger partial charge on any atom is 0.254 e. The largest absolute Gasteiger partial charge is 0.352 e. The third-order valence-electron chi connectivity index (χ3n) is 2.29. The van der Waals surface area contributed by atoms with Crippen molar-refractivity contribution in [2.24, 2.45) is 0 Å². The lowest BCUT2D eigenvalue weighted by Crippen LogP contribution is -2.26. The van der Waals surface area contributed by atoms with Gasteiger partial charge in [0.25, 0.3) is 5.91 Å². The minimum Gasteiger partial charge on any atom is -0.352 e. The van der Waals surface area contributed by atoms with Gasteiger partial charge in [-0.15, -0.1) is 0 Å². The second kappa shape index (κ2) is 5.84. The first kappa shape index (κ1) is 12.9. The SMILES string of the molecule is O=C(NCCc1cnc[nH]1)c1ccc(Cl)nc1Cl. The van der Waals surface area contributed by atoms with Crippen molar-refractivity contribution >= 4 is 29.1 Å². The van der Waals surface area contributed by atoms with Crippen molar-refractivity contribution in [3.63, 3.8) is 0 Å². The van der Waals surface area contributed by atoms with E-state index in [4.69, 9.17) is 23.2 Å². The smallest absolute Gasteiger partial charge is 0.254 e. The molecular weight excluding hydrogens is 275 g/mol. The van der Waals surface area contributed by atoms with E-state index in [0.717, 1.165) is 5.69 Å². The highest BCUT2D eigenvalue weighted by molar-refractivity contribution is 6.34. The summed E-state index contributed by atoms with van der Waals surface area (Å²) in [5.74, 6) is -0.274. The van der Waals surface area contributed by atoms with Gasteiger partial charge < -0.3 is 10.3 Å². The number of nitrogens with zero attached hydrogens (tertiary/aromatic N) is 2. The summed E-state index contributed by atoms with van der Waals surface area (Å²) < 4.78 is 0. The summed E-state index contributed by atoms with van der Waals surface area (Å²) in [6.07, 6.45) is 3.98. The standard InChI is InChI=1S/C11H10Cl2N4O/c12-9-2-1-8(10(13)17-9)11(18)15-4-3-7-5-14-6-16-7/h1-2,5-6H,3-4H2,(H,14,16)(H,15,18). The second-order valence-corrected chi connectivity index (χ2v) is 4.30. The number of aromatic amines is 1. The Kier molecular flexibility index (Phi) is 4.17. The van der Waals surface area contributed by atoms with Crippen molar-refractivity contribution in [3.05, 3.63) is 46.2 Å². The number of hydrogen-bond donors (Lipinski definition) is 2. The van der Waals surface area contributed by atoms with Gasteiger partial charge in [0, 0.05) is 24.9 Å². The van der Waals surface area contributed by atoms with Crippen LogP contribution in [0.2, 0.25) is 10.3 Å². The zero-order chi connectivity index (χ0) is 13.0. The fourth-order valence-corrected chi connectivity index (χ4v) is 1.84.